The Bertz CT molecular complexity index is 463. The molecule has 1 fully saturated rings. The molecule has 0 spiro atoms. The van der Waals surface area contributed by atoms with Crippen LogP contribution < -0.4 is 10.6 Å². The highest BCUT2D eigenvalue weighted by Gasteiger charge is 2.18. The number of carbonyl (C=O) groups is 1. The van der Waals surface area contributed by atoms with Crippen LogP contribution in [0.15, 0.2) is 18.3 Å². The molecule has 0 bridgehead atoms. The average Bonchev–Trinajstić information content (AvgIpc) is 2.50. The molecule has 1 amide bonds. The summed E-state index contributed by atoms with van der Waals surface area (Å²) in [5.41, 5.74) is 0.571. The van der Waals surface area contributed by atoms with Gasteiger partial charge in [-0.05, 0) is 50.5 Å². The van der Waals surface area contributed by atoms with Crippen LogP contribution in [0.25, 0.3) is 0 Å². The lowest BCUT2D eigenvalue weighted by molar-refractivity contribution is -0.117. The van der Waals surface area contributed by atoms with Crippen molar-refractivity contribution in [1.82, 2.24) is 15.2 Å². The maximum absolute atomic E-state index is 12.1. The molecule has 0 atom stereocenters. The quantitative estimate of drug-likeness (QED) is 0.789. The molecular weight excluding hydrogens is 288 g/mol. The number of rotatable bonds is 6. The number of nitrogens with one attached hydrogen (secondary N) is 2. The molecule has 1 aromatic rings. The summed E-state index contributed by atoms with van der Waals surface area (Å²) in [5, 5.41) is 6.52. The minimum atomic E-state index is -0.0410. The lowest BCUT2D eigenvalue weighted by atomic mass is 9.97. The van der Waals surface area contributed by atoms with Crippen LogP contribution in [0, 0.1) is 5.92 Å². The molecule has 0 unspecified atom stereocenters. The molecular formula is C15H23ClN4O. The first-order valence-electron chi connectivity index (χ1n) is 7.52. The van der Waals surface area contributed by atoms with E-state index in [2.05, 4.69) is 27.4 Å². The van der Waals surface area contributed by atoms with Crippen molar-refractivity contribution in [2.75, 3.05) is 38.0 Å². The summed E-state index contributed by atoms with van der Waals surface area (Å²) >= 11 is 5.95. The Hall–Kier alpha value is -1.17. The van der Waals surface area contributed by atoms with E-state index in [1.165, 1.54) is 12.8 Å². The van der Waals surface area contributed by atoms with Crippen LogP contribution in [0.1, 0.15) is 19.8 Å². The Kier molecular flexibility index (Phi) is 6.42. The molecule has 5 nitrogen and oxygen atoms in total. The second kappa shape index (κ2) is 8.32. The van der Waals surface area contributed by atoms with Gasteiger partial charge < -0.3 is 10.6 Å². The van der Waals surface area contributed by atoms with Crippen molar-refractivity contribution in [3.63, 3.8) is 0 Å². The third-order valence-electron chi connectivity index (χ3n) is 3.82. The van der Waals surface area contributed by atoms with Crippen molar-refractivity contribution in [1.29, 1.82) is 0 Å². The molecule has 1 saturated heterocycles. The number of nitrogens with zero attached hydrogens (tertiary/aromatic N) is 2. The Morgan fingerprint density at radius 1 is 1.52 bits per heavy atom. The van der Waals surface area contributed by atoms with Gasteiger partial charge in [-0.3, -0.25) is 9.69 Å². The zero-order valence-corrected chi connectivity index (χ0v) is 13.2. The van der Waals surface area contributed by atoms with Gasteiger partial charge in [-0.2, -0.15) is 0 Å². The number of halogens is 1. The van der Waals surface area contributed by atoms with Crippen molar-refractivity contribution in [2.24, 2.45) is 5.92 Å². The Morgan fingerprint density at radius 3 is 2.95 bits per heavy atom. The van der Waals surface area contributed by atoms with E-state index in [1.54, 1.807) is 18.3 Å². The van der Waals surface area contributed by atoms with Crippen LogP contribution in [-0.4, -0.2) is 48.5 Å². The van der Waals surface area contributed by atoms with Crippen LogP contribution in [0.3, 0.4) is 0 Å². The predicted molar refractivity (Wildman–Crippen MR) is 85.6 cm³/mol. The molecule has 0 aromatic carbocycles. The van der Waals surface area contributed by atoms with E-state index in [4.69, 9.17) is 11.6 Å². The highest BCUT2D eigenvalue weighted by molar-refractivity contribution is 6.32. The maximum Gasteiger partial charge on any atom is 0.238 e. The van der Waals surface area contributed by atoms with E-state index in [1.807, 2.05) is 0 Å². The van der Waals surface area contributed by atoms with Gasteiger partial charge >= 0.3 is 0 Å². The highest BCUT2D eigenvalue weighted by Crippen LogP contribution is 2.17. The van der Waals surface area contributed by atoms with Crippen LogP contribution in [0.5, 0.6) is 0 Å². The fraction of sp³-hybridized carbons (Fsp3) is 0.600. The fourth-order valence-corrected chi connectivity index (χ4v) is 2.77. The maximum atomic E-state index is 12.1. The minimum absolute atomic E-state index is 0.0410. The zero-order chi connectivity index (χ0) is 15.1. The number of piperidine rings is 1. The van der Waals surface area contributed by atoms with Gasteiger partial charge in [0.15, 0.2) is 5.15 Å². The third kappa shape index (κ3) is 5.26. The number of anilines is 1. The van der Waals surface area contributed by atoms with Gasteiger partial charge in [-0.1, -0.05) is 18.5 Å². The van der Waals surface area contributed by atoms with Crippen molar-refractivity contribution >= 4 is 23.2 Å². The SMILES string of the molecule is CCN(CC(=O)Nc1cccnc1Cl)CC1CCNCC1. The number of hydrogen-bond donors (Lipinski definition) is 2. The Labute approximate surface area is 131 Å². The zero-order valence-electron chi connectivity index (χ0n) is 12.4. The number of carbonyl (C=O) groups excluding carboxylic acids is 1. The Balaban J connectivity index is 1.83. The van der Waals surface area contributed by atoms with Gasteiger partial charge in [-0.25, -0.2) is 4.98 Å². The Morgan fingerprint density at radius 2 is 2.29 bits per heavy atom. The van der Waals surface area contributed by atoms with E-state index in [0.29, 0.717) is 23.3 Å². The first kappa shape index (κ1) is 16.2. The summed E-state index contributed by atoms with van der Waals surface area (Å²) in [5.74, 6) is 0.640. The van der Waals surface area contributed by atoms with Crippen LogP contribution >= 0.6 is 11.6 Å². The average molecular weight is 311 g/mol. The number of pyridine rings is 1. The number of amides is 1. The van der Waals surface area contributed by atoms with Gasteiger partial charge in [0, 0.05) is 12.7 Å². The van der Waals surface area contributed by atoms with Crippen LogP contribution in [0.4, 0.5) is 5.69 Å². The van der Waals surface area contributed by atoms with Crippen molar-refractivity contribution < 1.29 is 4.79 Å². The first-order valence-corrected chi connectivity index (χ1v) is 7.90. The summed E-state index contributed by atoms with van der Waals surface area (Å²) in [4.78, 5) is 18.3. The molecule has 21 heavy (non-hydrogen) atoms. The van der Waals surface area contributed by atoms with Crippen molar-refractivity contribution in [3.05, 3.63) is 23.5 Å². The van der Waals surface area contributed by atoms with Crippen LogP contribution in [-0.2, 0) is 4.79 Å². The standard InChI is InChI=1S/C15H23ClN4O/c1-2-20(10-12-5-8-17-9-6-12)11-14(21)19-13-4-3-7-18-15(13)16/h3-4,7,12,17H,2,5-6,8-11H2,1H3,(H,19,21). The molecule has 0 radical (unpaired) electrons. The van der Waals surface area contributed by atoms with E-state index in [-0.39, 0.29) is 5.91 Å². The highest BCUT2D eigenvalue weighted by atomic mass is 35.5. The molecule has 1 aliphatic heterocycles. The van der Waals surface area contributed by atoms with E-state index in [0.717, 1.165) is 26.2 Å². The molecule has 2 rings (SSSR count). The lowest BCUT2D eigenvalue weighted by Crippen LogP contribution is -2.39. The molecule has 1 aliphatic rings. The van der Waals surface area contributed by atoms with Gasteiger partial charge in [0.05, 0.1) is 12.2 Å². The summed E-state index contributed by atoms with van der Waals surface area (Å²) in [6.07, 6.45) is 3.98. The molecule has 1 aromatic heterocycles. The monoisotopic (exact) mass is 310 g/mol. The minimum Gasteiger partial charge on any atom is -0.322 e. The van der Waals surface area contributed by atoms with Crippen molar-refractivity contribution in [3.8, 4) is 0 Å². The largest absolute Gasteiger partial charge is 0.322 e. The van der Waals surface area contributed by atoms with Crippen LogP contribution in [0.2, 0.25) is 5.15 Å². The van der Waals surface area contributed by atoms with Gasteiger partial charge in [0.2, 0.25) is 5.91 Å². The van der Waals surface area contributed by atoms with Crippen molar-refractivity contribution in [2.45, 2.75) is 19.8 Å². The summed E-state index contributed by atoms with van der Waals surface area (Å²) in [7, 11) is 0. The third-order valence-corrected chi connectivity index (χ3v) is 4.12. The molecule has 2 N–H and O–H groups in total. The lowest BCUT2D eigenvalue weighted by Gasteiger charge is -2.28. The summed E-state index contributed by atoms with van der Waals surface area (Å²) in [6.45, 7) is 6.50. The van der Waals surface area contributed by atoms with Gasteiger partial charge in [-0.15, -0.1) is 0 Å². The summed E-state index contributed by atoms with van der Waals surface area (Å²) < 4.78 is 0. The molecule has 6 heteroatoms. The number of aromatic nitrogens is 1. The molecule has 0 aliphatic carbocycles. The fourth-order valence-electron chi connectivity index (χ4n) is 2.61. The topological polar surface area (TPSA) is 57.3 Å². The normalized spacial score (nSPS) is 16.1. The predicted octanol–water partition coefficient (Wildman–Crippen LogP) is 1.99. The molecule has 116 valence electrons. The number of hydrogen-bond acceptors (Lipinski definition) is 4. The second-order valence-corrected chi connectivity index (χ2v) is 5.77. The number of likely N-dealkylation sites (N-methyl/N-ethyl adjacent to an activating group) is 1. The van der Waals surface area contributed by atoms with E-state index >= 15 is 0 Å². The first-order chi connectivity index (χ1) is 10.2. The second-order valence-electron chi connectivity index (χ2n) is 5.41. The molecule has 0 saturated carbocycles. The van der Waals surface area contributed by atoms with E-state index in [9.17, 15) is 4.79 Å². The van der Waals surface area contributed by atoms with Gasteiger partial charge in [0.25, 0.3) is 0 Å². The van der Waals surface area contributed by atoms with Gasteiger partial charge in [0.1, 0.15) is 0 Å². The summed E-state index contributed by atoms with van der Waals surface area (Å²) in [6, 6.07) is 3.52. The smallest absolute Gasteiger partial charge is 0.238 e. The van der Waals surface area contributed by atoms with E-state index < -0.39 is 0 Å². The molecule has 2 heterocycles.